The molecular formula is C18H18ClN3O2. The smallest absolute Gasteiger partial charge is 0.243 e. The van der Waals surface area contributed by atoms with Gasteiger partial charge in [0, 0.05) is 24.3 Å². The standard InChI is InChI=1S/C18H18ClN3O2/c19-15-4-1-2-5-16(15)20-12-17(23)21-13-7-9-14(10-8-13)22-11-3-6-18(22)24/h1-2,4-5,7-10,20H,3,6,11-12H2,(H,21,23). The molecule has 0 unspecified atom stereocenters. The van der Waals surface area contributed by atoms with Crippen molar-refractivity contribution in [3.8, 4) is 0 Å². The van der Waals surface area contributed by atoms with Crippen LogP contribution in [0.4, 0.5) is 17.1 Å². The number of anilines is 3. The quantitative estimate of drug-likeness (QED) is 0.873. The van der Waals surface area contributed by atoms with Gasteiger partial charge in [-0.15, -0.1) is 0 Å². The fraction of sp³-hybridized carbons (Fsp3) is 0.222. The van der Waals surface area contributed by atoms with Crippen LogP contribution in [0.15, 0.2) is 48.5 Å². The van der Waals surface area contributed by atoms with E-state index in [4.69, 9.17) is 11.6 Å². The summed E-state index contributed by atoms with van der Waals surface area (Å²) >= 11 is 6.03. The molecule has 5 nitrogen and oxygen atoms in total. The molecule has 2 aromatic rings. The minimum Gasteiger partial charge on any atom is -0.375 e. The maximum absolute atomic E-state index is 12.0. The summed E-state index contributed by atoms with van der Waals surface area (Å²) in [4.78, 5) is 25.5. The molecule has 0 saturated carbocycles. The average molecular weight is 344 g/mol. The second-order valence-corrected chi connectivity index (χ2v) is 5.98. The summed E-state index contributed by atoms with van der Waals surface area (Å²) in [6.07, 6.45) is 1.50. The van der Waals surface area contributed by atoms with Crippen LogP contribution < -0.4 is 15.5 Å². The first kappa shape index (κ1) is 16.3. The normalized spacial score (nSPS) is 13.9. The highest BCUT2D eigenvalue weighted by molar-refractivity contribution is 6.33. The van der Waals surface area contributed by atoms with Crippen molar-refractivity contribution in [2.45, 2.75) is 12.8 Å². The number of rotatable bonds is 5. The number of halogens is 1. The number of benzene rings is 2. The van der Waals surface area contributed by atoms with Crippen molar-refractivity contribution in [2.24, 2.45) is 0 Å². The Morgan fingerprint density at radius 3 is 2.54 bits per heavy atom. The highest BCUT2D eigenvalue weighted by Gasteiger charge is 2.21. The Kier molecular flexibility index (Phi) is 5.01. The summed E-state index contributed by atoms with van der Waals surface area (Å²) in [7, 11) is 0. The van der Waals surface area contributed by atoms with Crippen molar-refractivity contribution in [3.63, 3.8) is 0 Å². The fourth-order valence-electron chi connectivity index (χ4n) is 2.63. The summed E-state index contributed by atoms with van der Waals surface area (Å²) in [5, 5.41) is 6.38. The molecule has 0 aromatic heterocycles. The highest BCUT2D eigenvalue weighted by atomic mass is 35.5. The Balaban J connectivity index is 1.55. The number of carbonyl (C=O) groups excluding carboxylic acids is 2. The van der Waals surface area contributed by atoms with E-state index in [1.165, 1.54) is 0 Å². The zero-order valence-corrected chi connectivity index (χ0v) is 13.8. The molecule has 1 heterocycles. The molecule has 1 fully saturated rings. The monoisotopic (exact) mass is 343 g/mol. The van der Waals surface area contributed by atoms with Crippen LogP contribution in [-0.2, 0) is 9.59 Å². The topological polar surface area (TPSA) is 61.4 Å². The van der Waals surface area contributed by atoms with Crippen molar-refractivity contribution < 1.29 is 9.59 Å². The molecule has 0 atom stereocenters. The number of hydrogen-bond acceptors (Lipinski definition) is 3. The summed E-state index contributed by atoms with van der Waals surface area (Å²) in [5.41, 5.74) is 2.28. The second-order valence-electron chi connectivity index (χ2n) is 5.58. The molecule has 24 heavy (non-hydrogen) atoms. The zero-order valence-electron chi connectivity index (χ0n) is 13.1. The van der Waals surface area contributed by atoms with Crippen molar-refractivity contribution in [2.75, 3.05) is 28.6 Å². The maximum atomic E-state index is 12.0. The predicted molar refractivity (Wildman–Crippen MR) is 96.6 cm³/mol. The van der Waals surface area contributed by atoms with Crippen LogP contribution in [0.2, 0.25) is 5.02 Å². The SMILES string of the molecule is O=C(CNc1ccccc1Cl)Nc1ccc(N2CCCC2=O)cc1. The molecule has 6 heteroatoms. The lowest BCUT2D eigenvalue weighted by molar-refractivity contribution is -0.117. The summed E-state index contributed by atoms with van der Waals surface area (Å²) in [5.74, 6) is -0.0179. The molecule has 1 saturated heterocycles. The minimum atomic E-state index is -0.167. The number of para-hydroxylation sites is 1. The summed E-state index contributed by atoms with van der Waals surface area (Å²) < 4.78 is 0. The van der Waals surface area contributed by atoms with E-state index in [0.717, 1.165) is 24.3 Å². The van der Waals surface area contributed by atoms with Crippen molar-refractivity contribution >= 4 is 40.5 Å². The summed E-state index contributed by atoms with van der Waals surface area (Å²) in [6, 6.07) is 14.6. The fourth-order valence-corrected chi connectivity index (χ4v) is 2.83. The van der Waals surface area contributed by atoms with Gasteiger partial charge in [0.05, 0.1) is 17.3 Å². The van der Waals surface area contributed by atoms with Crippen LogP contribution in [0.25, 0.3) is 0 Å². The lowest BCUT2D eigenvalue weighted by Crippen LogP contribution is -2.24. The first-order chi connectivity index (χ1) is 11.6. The van der Waals surface area contributed by atoms with Gasteiger partial charge in [0.2, 0.25) is 11.8 Å². The molecule has 2 N–H and O–H groups in total. The van der Waals surface area contributed by atoms with Crippen LogP contribution in [0, 0.1) is 0 Å². The van der Waals surface area contributed by atoms with Gasteiger partial charge in [0.1, 0.15) is 0 Å². The van der Waals surface area contributed by atoms with E-state index in [1.54, 1.807) is 23.1 Å². The van der Waals surface area contributed by atoms with Gasteiger partial charge in [0.15, 0.2) is 0 Å². The third-order valence-electron chi connectivity index (χ3n) is 3.85. The number of hydrogen-bond donors (Lipinski definition) is 2. The van der Waals surface area contributed by atoms with E-state index < -0.39 is 0 Å². The Morgan fingerprint density at radius 1 is 1.12 bits per heavy atom. The van der Waals surface area contributed by atoms with Crippen molar-refractivity contribution in [1.29, 1.82) is 0 Å². The number of nitrogens with zero attached hydrogens (tertiary/aromatic N) is 1. The van der Waals surface area contributed by atoms with Crippen molar-refractivity contribution in [3.05, 3.63) is 53.6 Å². The molecule has 2 aromatic carbocycles. The Bertz CT molecular complexity index is 746. The molecular weight excluding hydrogens is 326 g/mol. The first-order valence-electron chi connectivity index (χ1n) is 7.82. The Morgan fingerprint density at radius 2 is 1.88 bits per heavy atom. The van der Waals surface area contributed by atoms with Gasteiger partial charge in [-0.05, 0) is 42.8 Å². The van der Waals surface area contributed by atoms with E-state index in [0.29, 0.717) is 17.1 Å². The summed E-state index contributed by atoms with van der Waals surface area (Å²) in [6.45, 7) is 0.877. The zero-order chi connectivity index (χ0) is 16.9. The largest absolute Gasteiger partial charge is 0.375 e. The van der Waals surface area contributed by atoms with Crippen LogP contribution in [0.1, 0.15) is 12.8 Å². The van der Waals surface area contributed by atoms with Gasteiger partial charge in [-0.1, -0.05) is 23.7 Å². The highest BCUT2D eigenvalue weighted by Crippen LogP contribution is 2.23. The Labute approximate surface area is 145 Å². The van der Waals surface area contributed by atoms with E-state index in [1.807, 2.05) is 30.3 Å². The van der Waals surface area contributed by atoms with Crippen molar-refractivity contribution in [1.82, 2.24) is 0 Å². The van der Waals surface area contributed by atoms with E-state index >= 15 is 0 Å². The molecule has 3 rings (SSSR count). The number of carbonyl (C=O) groups is 2. The molecule has 0 bridgehead atoms. The van der Waals surface area contributed by atoms with Gasteiger partial charge >= 0.3 is 0 Å². The lowest BCUT2D eigenvalue weighted by Gasteiger charge is -2.16. The molecule has 0 radical (unpaired) electrons. The third-order valence-corrected chi connectivity index (χ3v) is 4.18. The molecule has 0 spiro atoms. The molecule has 2 amide bonds. The van der Waals surface area contributed by atoms with Gasteiger partial charge < -0.3 is 15.5 Å². The lowest BCUT2D eigenvalue weighted by atomic mass is 10.2. The van der Waals surface area contributed by atoms with Gasteiger partial charge in [-0.2, -0.15) is 0 Å². The molecule has 1 aliphatic rings. The van der Waals surface area contributed by atoms with E-state index in [9.17, 15) is 9.59 Å². The molecule has 0 aliphatic carbocycles. The molecule has 124 valence electrons. The Hall–Kier alpha value is -2.53. The number of amides is 2. The average Bonchev–Trinajstić information content (AvgIpc) is 3.01. The van der Waals surface area contributed by atoms with Gasteiger partial charge in [-0.3, -0.25) is 9.59 Å². The van der Waals surface area contributed by atoms with Gasteiger partial charge in [0.25, 0.3) is 0 Å². The van der Waals surface area contributed by atoms with Crippen LogP contribution >= 0.6 is 11.6 Å². The second kappa shape index (κ2) is 7.36. The molecule has 1 aliphatic heterocycles. The van der Waals surface area contributed by atoms with Crippen LogP contribution in [0.5, 0.6) is 0 Å². The van der Waals surface area contributed by atoms with Crippen LogP contribution in [-0.4, -0.2) is 24.9 Å². The number of nitrogens with one attached hydrogen (secondary N) is 2. The van der Waals surface area contributed by atoms with Gasteiger partial charge in [-0.25, -0.2) is 0 Å². The van der Waals surface area contributed by atoms with Crippen LogP contribution in [0.3, 0.4) is 0 Å². The predicted octanol–water partition coefficient (Wildman–Crippen LogP) is 3.52. The van der Waals surface area contributed by atoms with E-state index in [2.05, 4.69) is 10.6 Å². The third kappa shape index (κ3) is 3.86. The maximum Gasteiger partial charge on any atom is 0.243 e. The first-order valence-corrected chi connectivity index (χ1v) is 8.20. The van der Waals surface area contributed by atoms with E-state index in [-0.39, 0.29) is 18.4 Å². The minimum absolute atomic E-state index is 0.121.